The molecule has 1 aromatic rings. The fourth-order valence-electron chi connectivity index (χ4n) is 3.60. The molecule has 0 aromatic heterocycles. The number of imide groups is 1. The van der Waals surface area contributed by atoms with E-state index in [0.717, 1.165) is 31.2 Å². The van der Waals surface area contributed by atoms with E-state index in [1.54, 1.807) is 7.05 Å². The third-order valence-electron chi connectivity index (χ3n) is 4.78. The highest BCUT2D eigenvalue weighted by Gasteiger charge is 2.52. The summed E-state index contributed by atoms with van der Waals surface area (Å²) < 4.78 is 0. The zero-order valence-electron chi connectivity index (χ0n) is 12.0. The van der Waals surface area contributed by atoms with E-state index in [1.807, 2.05) is 31.2 Å². The Morgan fingerprint density at radius 1 is 1.20 bits per heavy atom. The third-order valence-corrected chi connectivity index (χ3v) is 4.78. The van der Waals surface area contributed by atoms with Gasteiger partial charge < -0.3 is 5.32 Å². The third kappa shape index (κ3) is 1.64. The van der Waals surface area contributed by atoms with Crippen LogP contribution >= 0.6 is 0 Å². The van der Waals surface area contributed by atoms with Crippen molar-refractivity contribution < 1.29 is 9.59 Å². The highest BCUT2D eigenvalue weighted by molar-refractivity contribution is 6.13. The van der Waals surface area contributed by atoms with Gasteiger partial charge in [-0.25, -0.2) is 0 Å². The number of carbonyl (C=O) groups is 2. The molecule has 1 saturated carbocycles. The van der Waals surface area contributed by atoms with Gasteiger partial charge in [-0.1, -0.05) is 31.0 Å². The van der Waals surface area contributed by atoms with Crippen LogP contribution in [-0.4, -0.2) is 29.9 Å². The summed E-state index contributed by atoms with van der Waals surface area (Å²) >= 11 is 0. The number of hydrogen-bond acceptors (Lipinski definition) is 3. The van der Waals surface area contributed by atoms with Crippen LogP contribution in [0.4, 0.5) is 0 Å². The van der Waals surface area contributed by atoms with Gasteiger partial charge in [-0.2, -0.15) is 0 Å². The molecular weight excluding hydrogens is 252 g/mol. The number of fused-ring (bicyclic) bond motifs is 2. The number of amides is 2. The van der Waals surface area contributed by atoms with E-state index in [0.29, 0.717) is 5.56 Å². The van der Waals surface area contributed by atoms with Gasteiger partial charge in [0.05, 0.1) is 11.6 Å². The quantitative estimate of drug-likeness (QED) is 0.838. The van der Waals surface area contributed by atoms with Crippen molar-refractivity contribution in [3.8, 4) is 0 Å². The summed E-state index contributed by atoms with van der Waals surface area (Å²) in [6.45, 7) is 1.85. The highest BCUT2D eigenvalue weighted by Crippen LogP contribution is 2.46. The molecule has 1 aliphatic carbocycles. The van der Waals surface area contributed by atoms with Gasteiger partial charge >= 0.3 is 0 Å². The van der Waals surface area contributed by atoms with Gasteiger partial charge in [0.25, 0.3) is 5.91 Å². The monoisotopic (exact) mass is 272 g/mol. The van der Waals surface area contributed by atoms with E-state index in [-0.39, 0.29) is 18.0 Å². The normalized spacial score (nSPS) is 22.2. The predicted octanol–water partition coefficient (Wildman–Crippen LogP) is 2.05. The summed E-state index contributed by atoms with van der Waals surface area (Å²) in [4.78, 5) is 27.0. The van der Waals surface area contributed by atoms with E-state index < -0.39 is 5.41 Å². The SMILES string of the molecule is CNC(C)N1C(=O)c2ccccc2C2(CCCC2)C1=O. The topological polar surface area (TPSA) is 49.4 Å². The highest BCUT2D eigenvalue weighted by atomic mass is 16.2. The van der Waals surface area contributed by atoms with Gasteiger partial charge in [0, 0.05) is 5.56 Å². The van der Waals surface area contributed by atoms with Gasteiger partial charge in [0.1, 0.15) is 0 Å². The van der Waals surface area contributed by atoms with Crippen LogP contribution in [0.5, 0.6) is 0 Å². The van der Waals surface area contributed by atoms with Crippen LogP contribution in [0.1, 0.15) is 48.5 Å². The molecule has 106 valence electrons. The Bertz CT molecular complexity index is 561. The average Bonchev–Trinajstić information content (AvgIpc) is 2.96. The molecule has 0 saturated heterocycles. The lowest BCUT2D eigenvalue weighted by molar-refractivity contribution is -0.137. The molecule has 2 amide bonds. The van der Waals surface area contributed by atoms with E-state index in [1.165, 1.54) is 4.90 Å². The lowest BCUT2D eigenvalue weighted by Crippen LogP contribution is -2.59. The first kappa shape index (κ1) is 13.3. The number of nitrogens with zero attached hydrogens (tertiary/aromatic N) is 1. The van der Waals surface area contributed by atoms with Crippen molar-refractivity contribution in [2.75, 3.05) is 7.05 Å². The standard InChI is InChI=1S/C16H20N2O2/c1-11(17-2)18-14(19)12-7-3-4-8-13(12)16(15(18)20)9-5-6-10-16/h3-4,7-8,11,17H,5-6,9-10H2,1-2H3. The Morgan fingerprint density at radius 3 is 2.50 bits per heavy atom. The van der Waals surface area contributed by atoms with Gasteiger partial charge in [-0.3, -0.25) is 14.5 Å². The molecule has 1 aliphatic heterocycles. The van der Waals surface area contributed by atoms with Gasteiger partial charge in [0.2, 0.25) is 5.91 Å². The molecule has 1 N–H and O–H groups in total. The fourth-order valence-corrected chi connectivity index (χ4v) is 3.60. The summed E-state index contributed by atoms with van der Waals surface area (Å²) in [5.74, 6) is -0.203. The molecule has 0 bridgehead atoms. The summed E-state index contributed by atoms with van der Waals surface area (Å²) in [7, 11) is 1.77. The average molecular weight is 272 g/mol. The van der Waals surface area contributed by atoms with Gasteiger partial charge in [-0.15, -0.1) is 0 Å². The molecule has 0 radical (unpaired) electrons. The summed E-state index contributed by atoms with van der Waals surface area (Å²) in [5.41, 5.74) is 1.15. The Labute approximate surface area is 119 Å². The molecule has 20 heavy (non-hydrogen) atoms. The van der Waals surface area contributed by atoms with Crippen LogP contribution in [0.15, 0.2) is 24.3 Å². The van der Waals surface area contributed by atoms with Crippen molar-refractivity contribution in [3.63, 3.8) is 0 Å². The minimum Gasteiger partial charge on any atom is -0.300 e. The largest absolute Gasteiger partial charge is 0.300 e. The molecule has 1 fully saturated rings. The molecule has 1 heterocycles. The number of benzene rings is 1. The van der Waals surface area contributed by atoms with Crippen LogP contribution in [0.3, 0.4) is 0 Å². The number of nitrogens with one attached hydrogen (secondary N) is 1. The van der Waals surface area contributed by atoms with Gasteiger partial charge in [0.15, 0.2) is 0 Å². The second-order valence-electron chi connectivity index (χ2n) is 5.78. The van der Waals surface area contributed by atoms with E-state index in [4.69, 9.17) is 0 Å². The molecule has 2 aliphatic rings. The minimum atomic E-state index is -0.477. The Morgan fingerprint density at radius 2 is 1.85 bits per heavy atom. The fraction of sp³-hybridized carbons (Fsp3) is 0.500. The van der Waals surface area contributed by atoms with Crippen LogP contribution in [-0.2, 0) is 10.2 Å². The minimum absolute atomic E-state index is 0.0273. The lowest BCUT2D eigenvalue weighted by Gasteiger charge is -2.41. The first-order valence-corrected chi connectivity index (χ1v) is 7.26. The second-order valence-corrected chi connectivity index (χ2v) is 5.78. The predicted molar refractivity (Wildman–Crippen MR) is 76.3 cm³/mol. The number of hydrogen-bond donors (Lipinski definition) is 1. The van der Waals surface area contributed by atoms with Gasteiger partial charge in [-0.05, 0) is 38.4 Å². The number of rotatable bonds is 2. The first-order chi connectivity index (χ1) is 9.62. The van der Waals surface area contributed by atoms with E-state index >= 15 is 0 Å². The van der Waals surface area contributed by atoms with E-state index in [2.05, 4.69) is 5.32 Å². The molecule has 1 aromatic carbocycles. The maximum absolute atomic E-state index is 13.0. The molecule has 4 nitrogen and oxygen atoms in total. The van der Waals surface area contributed by atoms with Crippen LogP contribution in [0, 0.1) is 0 Å². The first-order valence-electron chi connectivity index (χ1n) is 7.26. The van der Waals surface area contributed by atoms with Crippen molar-refractivity contribution in [1.29, 1.82) is 0 Å². The molecule has 3 rings (SSSR count). The molecule has 4 heteroatoms. The van der Waals surface area contributed by atoms with Crippen molar-refractivity contribution in [1.82, 2.24) is 10.2 Å². The van der Waals surface area contributed by atoms with Crippen LogP contribution in [0.2, 0.25) is 0 Å². The zero-order chi connectivity index (χ0) is 14.3. The molecule has 1 spiro atoms. The Balaban J connectivity index is 2.18. The Hall–Kier alpha value is -1.68. The van der Waals surface area contributed by atoms with Crippen LogP contribution in [0.25, 0.3) is 0 Å². The summed E-state index contributed by atoms with van der Waals surface area (Å²) in [5, 5.41) is 3.02. The lowest BCUT2D eigenvalue weighted by atomic mass is 9.72. The maximum atomic E-state index is 13.0. The molecule has 1 atom stereocenters. The zero-order valence-corrected chi connectivity index (χ0v) is 12.0. The second kappa shape index (κ2) is 4.70. The van der Waals surface area contributed by atoms with Crippen molar-refractivity contribution in [2.24, 2.45) is 0 Å². The maximum Gasteiger partial charge on any atom is 0.262 e. The number of carbonyl (C=O) groups excluding carboxylic acids is 2. The van der Waals surface area contributed by atoms with Crippen molar-refractivity contribution >= 4 is 11.8 Å². The summed E-state index contributed by atoms with van der Waals surface area (Å²) in [6, 6.07) is 7.60. The molecular formula is C16H20N2O2. The Kier molecular flexibility index (Phi) is 3.13. The van der Waals surface area contributed by atoms with Crippen molar-refractivity contribution in [2.45, 2.75) is 44.2 Å². The van der Waals surface area contributed by atoms with Crippen LogP contribution < -0.4 is 5.32 Å². The van der Waals surface area contributed by atoms with Crippen molar-refractivity contribution in [3.05, 3.63) is 35.4 Å². The smallest absolute Gasteiger partial charge is 0.262 e. The van der Waals surface area contributed by atoms with E-state index in [9.17, 15) is 9.59 Å². The molecule has 1 unspecified atom stereocenters. The summed E-state index contributed by atoms with van der Waals surface area (Å²) in [6.07, 6.45) is 3.53.